The molecule has 128 valence electrons. The van der Waals surface area contributed by atoms with Crippen molar-refractivity contribution in [3.63, 3.8) is 0 Å². The number of hydrogen-bond donors (Lipinski definition) is 0. The Bertz CT molecular complexity index is 710. The van der Waals surface area contributed by atoms with Gasteiger partial charge in [0.2, 0.25) is 5.91 Å². The zero-order valence-corrected chi connectivity index (χ0v) is 14.1. The van der Waals surface area contributed by atoms with Crippen molar-refractivity contribution in [2.75, 3.05) is 20.2 Å². The number of aromatic nitrogens is 3. The van der Waals surface area contributed by atoms with Gasteiger partial charge in [0.05, 0.1) is 6.10 Å². The lowest BCUT2D eigenvalue weighted by Crippen LogP contribution is -2.50. The van der Waals surface area contributed by atoms with E-state index in [4.69, 9.17) is 4.74 Å². The molecule has 6 nitrogen and oxygen atoms in total. The van der Waals surface area contributed by atoms with E-state index in [0.29, 0.717) is 6.10 Å². The predicted molar refractivity (Wildman–Crippen MR) is 90.4 cm³/mol. The third-order valence-electron chi connectivity index (χ3n) is 5.67. The van der Waals surface area contributed by atoms with Gasteiger partial charge >= 0.3 is 0 Å². The van der Waals surface area contributed by atoms with Crippen LogP contribution in [0.15, 0.2) is 24.3 Å². The maximum atomic E-state index is 12.8. The molecule has 2 heterocycles. The van der Waals surface area contributed by atoms with Crippen molar-refractivity contribution < 1.29 is 9.53 Å². The van der Waals surface area contributed by atoms with Crippen LogP contribution in [0.3, 0.4) is 0 Å². The van der Waals surface area contributed by atoms with Gasteiger partial charge in [-0.3, -0.25) is 4.79 Å². The standard InChI is InChI=1S/C18H24N4O2/c1-24-16-8-4-9-18(16)10-5-11-21(13-18)17(23)12-22-19-14-6-2-3-7-15(14)20-22/h2-3,6-7,16H,4-5,8-13H2,1H3/t16-,18-/m1/s1. The molecular weight excluding hydrogens is 304 g/mol. The summed E-state index contributed by atoms with van der Waals surface area (Å²) in [4.78, 5) is 16.3. The van der Waals surface area contributed by atoms with Crippen molar-refractivity contribution in [1.29, 1.82) is 0 Å². The van der Waals surface area contributed by atoms with Crippen LogP contribution in [0.2, 0.25) is 0 Å². The summed E-state index contributed by atoms with van der Waals surface area (Å²) in [7, 11) is 1.80. The van der Waals surface area contributed by atoms with Crippen LogP contribution < -0.4 is 0 Å². The van der Waals surface area contributed by atoms with Crippen molar-refractivity contribution in [1.82, 2.24) is 19.9 Å². The molecule has 1 aromatic carbocycles. The quantitative estimate of drug-likeness (QED) is 0.867. The Morgan fingerprint density at radius 3 is 2.67 bits per heavy atom. The molecular formula is C18H24N4O2. The van der Waals surface area contributed by atoms with Gasteiger partial charge in [0.25, 0.3) is 0 Å². The molecule has 0 bridgehead atoms. The first-order valence-electron chi connectivity index (χ1n) is 8.81. The number of rotatable bonds is 3. The van der Waals surface area contributed by atoms with Gasteiger partial charge in [-0.05, 0) is 37.8 Å². The van der Waals surface area contributed by atoms with Gasteiger partial charge in [-0.2, -0.15) is 15.0 Å². The number of amides is 1. The minimum Gasteiger partial charge on any atom is -0.381 e. The van der Waals surface area contributed by atoms with E-state index in [-0.39, 0.29) is 17.9 Å². The lowest BCUT2D eigenvalue weighted by molar-refractivity contribution is -0.138. The van der Waals surface area contributed by atoms with E-state index in [2.05, 4.69) is 10.2 Å². The van der Waals surface area contributed by atoms with Gasteiger partial charge in [-0.1, -0.05) is 18.6 Å². The zero-order chi connectivity index (χ0) is 16.6. The fourth-order valence-corrected chi connectivity index (χ4v) is 4.51. The maximum Gasteiger partial charge on any atom is 0.246 e. The summed E-state index contributed by atoms with van der Waals surface area (Å²) in [5.41, 5.74) is 1.82. The Labute approximate surface area is 141 Å². The second-order valence-electron chi connectivity index (χ2n) is 7.12. The monoisotopic (exact) mass is 328 g/mol. The largest absolute Gasteiger partial charge is 0.381 e. The Balaban J connectivity index is 1.47. The van der Waals surface area contributed by atoms with Crippen LogP contribution in [-0.2, 0) is 16.1 Å². The van der Waals surface area contributed by atoms with Crippen LogP contribution in [0, 0.1) is 5.41 Å². The normalized spacial score (nSPS) is 27.2. The summed E-state index contributed by atoms with van der Waals surface area (Å²) < 4.78 is 5.72. The summed E-state index contributed by atoms with van der Waals surface area (Å²) >= 11 is 0. The van der Waals surface area contributed by atoms with Gasteiger partial charge in [0, 0.05) is 25.6 Å². The first-order chi connectivity index (χ1) is 11.7. The minimum absolute atomic E-state index is 0.108. The van der Waals surface area contributed by atoms with Crippen LogP contribution in [0.1, 0.15) is 32.1 Å². The second kappa shape index (κ2) is 6.16. The van der Waals surface area contributed by atoms with E-state index in [9.17, 15) is 4.79 Å². The van der Waals surface area contributed by atoms with E-state index in [0.717, 1.165) is 37.0 Å². The van der Waals surface area contributed by atoms with Crippen LogP contribution in [0.5, 0.6) is 0 Å². The van der Waals surface area contributed by atoms with Gasteiger partial charge < -0.3 is 9.64 Å². The summed E-state index contributed by atoms with van der Waals surface area (Å²) in [6.07, 6.45) is 5.99. The number of piperidine rings is 1. The van der Waals surface area contributed by atoms with Gasteiger partial charge in [-0.25, -0.2) is 0 Å². The number of hydrogen-bond acceptors (Lipinski definition) is 4. The molecule has 1 saturated carbocycles. The smallest absolute Gasteiger partial charge is 0.246 e. The van der Waals surface area contributed by atoms with E-state index >= 15 is 0 Å². The number of fused-ring (bicyclic) bond motifs is 1. The van der Waals surface area contributed by atoms with Gasteiger partial charge in [0.15, 0.2) is 0 Å². The third kappa shape index (κ3) is 2.69. The Morgan fingerprint density at radius 1 is 1.25 bits per heavy atom. The number of benzene rings is 1. The Kier molecular flexibility index (Phi) is 4.00. The molecule has 0 N–H and O–H groups in total. The molecule has 0 radical (unpaired) electrons. The molecule has 1 aliphatic carbocycles. The first-order valence-corrected chi connectivity index (χ1v) is 8.81. The molecule has 1 spiro atoms. The molecule has 4 rings (SSSR count). The molecule has 1 aliphatic heterocycles. The van der Waals surface area contributed by atoms with E-state index < -0.39 is 0 Å². The molecule has 2 atom stereocenters. The SMILES string of the molecule is CO[C@@H]1CCC[C@]12CCCN(C(=O)Cn1nc3ccccc3n1)C2. The lowest BCUT2D eigenvalue weighted by Gasteiger charge is -2.43. The molecule has 24 heavy (non-hydrogen) atoms. The maximum absolute atomic E-state index is 12.8. The number of carbonyl (C=O) groups is 1. The first kappa shape index (κ1) is 15.6. The molecule has 2 aliphatic rings. The summed E-state index contributed by atoms with van der Waals surface area (Å²) in [6, 6.07) is 7.70. The number of nitrogens with zero attached hydrogens (tertiary/aromatic N) is 4. The fourth-order valence-electron chi connectivity index (χ4n) is 4.51. The highest BCUT2D eigenvalue weighted by molar-refractivity contribution is 5.77. The lowest BCUT2D eigenvalue weighted by atomic mass is 9.76. The number of ether oxygens (including phenoxy) is 1. The highest BCUT2D eigenvalue weighted by Gasteiger charge is 2.46. The number of methoxy groups -OCH3 is 1. The molecule has 2 fully saturated rings. The molecule has 2 aromatic rings. The van der Waals surface area contributed by atoms with E-state index in [1.54, 1.807) is 7.11 Å². The van der Waals surface area contributed by atoms with Crippen molar-refractivity contribution >= 4 is 16.9 Å². The average Bonchev–Trinajstić information content (AvgIpc) is 3.18. The second-order valence-corrected chi connectivity index (χ2v) is 7.12. The highest BCUT2D eigenvalue weighted by Crippen LogP contribution is 2.46. The molecule has 1 aromatic heterocycles. The van der Waals surface area contributed by atoms with Crippen LogP contribution in [0.4, 0.5) is 0 Å². The molecule has 6 heteroatoms. The Hall–Kier alpha value is -1.95. The van der Waals surface area contributed by atoms with Crippen LogP contribution >= 0.6 is 0 Å². The summed E-state index contributed by atoms with van der Waals surface area (Å²) in [5.74, 6) is 0.108. The van der Waals surface area contributed by atoms with Gasteiger partial charge in [0.1, 0.15) is 17.6 Å². The molecule has 0 unspecified atom stereocenters. The summed E-state index contributed by atoms with van der Waals surface area (Å²) in [6.45, 7) is 1.85. The van der Waals surface area contributed by atoms with E-state index in [1.807, 2.05) is 29.2 Å². The average molecular weight is 328 g/mol. The predicted octanol–water partition coefficient (Wildman–Crippen LogP) is 2.24. The number of likely N-dealkylation sites (tertiary alicyclic amines) is 1. The number of carbonyl (C=O) groups excluding carboxylic acids is 1. The topological polar surface area (TPSA) is 60.2 Å². The van der Waals surface area contributed by atoms with Crippen molar-refractivity contribution in [2.45, 2.75) is 44.8 Å². The van der Waals surface area contributed by atoms with Crippen molar-refractivity contribution in [3.8, 4) is 0 Å². The fraction of sp³-hybridized carbons (Fsp3) is 0.611. The van der Waals surface area contributed by atoms with Crippen LogP contribution in [0.25, 0.3) is 11.0 Å². The van der Waals surface area contributed by atoms with Crippen molar-refractivity contribution in [2.24, 2.45) is 5.41 Å². The molecule has 1 amide bonds. The third-order valence-corrected chi connectivity index (χ3v) is 5.67. The van der Waals surface area contributed by atoms with Crippen LogP contribution in [-0.4, -0.2) is 52.1 Å². The summed E-state index contributed by atoms with van der Waals surface area (Å²) in [5, 5.41) is 8.80. The zero-order valence-electron chi connectivity index (χ0n) is 14.1. The van der Waals surface area contributed by atoms with E-state index in [1.165, 1.54) is 24.1 Å². The Morgan fingerprint density at radius 2 is 1.96 bits per heavy atom. The molecule has 1 saturated heterocycles. The van der Waals surface area contributed by atoms with Crippen molar-refractivity contribution in [3.05, 3.63) is 24.3 Å². The van der Waals surface area contributed by atoms with Gasteiger partial charge in [-0.15, -0.1) is 0 Å². The minimum atomic E-state index is 0.108. The highest BCUT2D eigenvalue weighted by atomic mass is 16.5.